The van der Waals surface area contributed by atoms with Crippen LogP contribution in [0.25, 0.3) is 0 Å². The normalized spacial score (nSPS) is 24.5. The van der Waals surface area contributed by atoms with Crippen molar-refractivity contribution in [3.05, 3.63) is 0 Å². The molecule has 0 aromatic carbocycles. The number of rotatable bonds is 8. The molecular weight excluding hydrogens is 276 g/mol. The number of hydrogen-bond acceptors (Lipinski definition) is 4. The number of nitrogens with two attached hydrogens (primary N) is 1. The smallest absolute Gasteiger partial charge is 0.264 e. The largest absolute Gasteiger partial charge is 0.326 e. The molecule has 1 rings (SSSR count). The fourth-order valence-corrected chi connectivity index (χ4v) is 3.40. The van der Waals surface area contributed by atoms with Gasteiger partial charge in [0.15, 0.2) is 0 Å². The van der Waals surface area contributed by atoms with Crippen LogP contribution < -0.4 is 5.73 Å². The molecule has 1 saturated carbocycles. The minimum atomic E-state index is -3.85. The summed E-state index contributed by atoms with van der Waals surface area (Å²) in [6, 6.07) is 0.561. The van der Waals surface area contributed by atoms with Crippen LogP contribution in [0, 0.1) is 5.92 Å². The van der Waals surface area contributed by atoms with Crippen LogP contribution in [0.2, 0.25) is 0 Å². The highest BCUT2D eigenvalue weighted by Gasteiger charge is 2.27. The molecule has 120 valence electrons. The standard InChI is InChI=1S/C14H30N2O3S/c1-12(2)8-10-16(9-5-11-20(17,18)19)14-7-4-3-6-13(14)15/h12-14H,3-11,15H2,1-2H3,(H,17,18,19)/t13-,14-/m1/s1. The monoisotopic (exact) mass is 306 g/mol. The van der Waals surface area contributed by atoms with E-state index in [-0.39, 0.29) is 11.8 Å². The van der Waals surface area contributed by atoms with Gasteiger partial charge in [0, 0.05) is 12.1 Å². The Hall–Kier alpha value is -0.170. The highest BCUT2D eigenvalue weighted by molar-refractivity contribution is 7.85. The van der Waals surface area contributed by atoms with Crippen LogP contribution in [0.3, 0.4) is 0 Å². The Balaban J connectivity index is 2.54. The molecule has 0 spiro atoms. The molecule has 0 aromatic rings. The van der Waals surface area contributed by atoms with Gasteiger partial charge in [0.05, 0.1) is 5.75 Å². The molecule has 0 radical (unpaired) electrons. The Bertz CT molecular complexity index is 371. The van der Waals surface area contributed by atoms with E-state index in [0.29, 0.717) is 24.9 Å². The summed E-state index contributed by atoms with van der Waals surface area (Å²) in [5.41, 5.74) is 6.23. The molecule has 0 saturated heterocycles. The van der Waals surface area contributed by atoms with Gasteiger partial charge >= 0.3 is 0 Å². The van der Waals surface area contributed by atoms with Crippen LogP contribution in [0.15, 0.2) is 0 Å². The van der Waals surface area contributed by atoms with Crippen molar-refractivity contribution >= 4 is 10.1 Å². The van der Waals surface area contributed by atoms with Crippen LogP contribution in [0.1, 0.15) is 52.4 Å². The van der Waals surface area contributed by atoms with Crippen molar-refractivity contribution in [1.29, 1.82) is 0 Å². The van der Waals surface area contributed by atoms with Crippen molar-refractivity contribution < 1.29 is 13.0 Å². The summed E-state index contributed by atoms with van der Waals surface area (Å²) in [4.78, 5) is 2.34. The van der Waals surface area contributed by atoms with Gasteiger partial charge in [-0.15, -0.1) is 0 Å². The molecule has 0 heterocycles. The predicted molar refractivity (Wildman–Crippen MR) is 82.3 cm³/mol. The maximum atomic E-state index is 10.8. The summed E-state index contributed by atoms with van der Waals surface area (Å²) in [6.45, 7) is 6.04. The first-order valence-electron chi connectivity index (χ1n) is 7.74. The molecule has 1 aliphatic carbocycles. The molecule has 6 heteroatoms. The Morgan fingerprint density at radius 1 is 1.25 bits per heavy atom. The summed E-state index contributed by atoms with van der Waals surface area (Å²) in [7, 11) is -3.85. The SMILES string of the molecule is CC(C)CCN(CCCS(=O)(=O)O)[C@@H]1CCCC[C@H]1N. The third-order valence-corrected chi connectivity index (χ3v) is 4.90. The van der Waals surface area contributed by atoms with Crippen molar-refractivity contribution in [2.24, 2.45) is 11.7 Å². The van der Waals surface area contributed by atoms with E-state index in [4.69, 9.17) is 10.3 Å². The third kappa shape index (κ3) is 7.02. The van der Waals surface area contributed by atoms with Gasteiger partial charge in [-0.1, -0.05) is 26.7 Å². The summed E-state index contributed by atoms with van der Waals surface area (Å²) in [5, 5.41) is 0. The molecule has 0 unspecified atom stereocenters. The summed E-state index contributed by atoms with van der Waals surface area (Å²) in [5.74, 6) is 0.464. The van der Waals surface area contributed by atoms with E-state index < -0.39 is 10.1 Å². The molecule has 3 N–H and O–H groups in total. The summed E-state index contributed by atoms with van der Waals surface area (Å²) >= 11 is 0. The second-order valence-electron chi connectivity index (χ2n) is 6.37. The summed E-state index contributed by atoms with van der Waals surface area (Å²) in [6.07, 6.45) is 6.12. The number of hydrogen-bond donors (Lipinski definition) is 2. The first-order valence-corrected chi connectivity index (χ1v) is 9.35. The van der Waals surface area contributed by atoms with E-state index in [0.717, 1.165) is 25.8 Å². The zero-order valence-corrected chi connectivity index (χ0v) is 13.6. The average Bonchev–Trinajstić information content (AvgIpc) is 2.33. The first kappa shape index (κ1) is 17.9. The molecule has 0 amide bonds. The topological polar surface area (TPSA) is 83.6 Å². The van der Waals surface area contributed by atoms with Gasteiger partial charge in [-0.2, -0.15) is 8.42 Å². The minimum Gasteiger partial charge on any atom is -0.326 e. The van der Waals surface area contributed by atoms with E-state index in [9.17, 15) is 8.42 Å². The quantitative estimate of drug-likeness (QED) is 0.669. The Labute approximate surface area is 123 Å². The van der Waals surface area contributed by atoms with Gasteiger partial charge < -0.3 is 5.73 Å². The van der Waals surface area contributed by atoms with Gasteiger partial charge in [-0.3, -0.25) is 9.45 Å². The lowest BCUT2D eigenvalue weighted by atomic mass is 9.89. The van der Waals surface area contributed by atoms with Gasteiger partial charge in [-0.25, -0.2) is 0 Å². The molecule has 20 heavy (non-hydrogen) atoms. The zero-order valence-electron chi connectivity index (χ0n) is 12.8. The predicted octanol–water partition coefficient (Wildman–Crippen LogP) is 1.88. The average molecular weight is 306 g/mol. The summed E-state index contributed by atoms with van der Waals surface area (Å²) < 4.78 is 30.5. The Kier molecular flexibility index (Phi) is 7.43. The van der Waals surface area contributed by atoms with Crippen molar-refractivity contribution in [2.75, 3.05) is 18.8 Å². The maximum absolute atomic E-state index is 10.8. The second kappa shape index (κ2) is 8.32. The van der Waals surface area contributed by atoms with Crippen LogP contribution in [-0.4, -0.2) is 48.8 Å². The zero-order chi connectivity index (χ0) is 15.2. The lowest BCUT2D eigenvalue weighted by Gasteiger charge is -2.38. The van der Waals surface area contributed by atoms with Crippen molar-refractivity contribution in [3.8, 4) is 0 Å². The van der Waals surface area contributed by atoms with E-state index >= 15 is 0 Å². The van der Waals surface area contributed by atoms with Gasteiger partial charge in [0.2, 0.25) is 0 Å². The van der Waals surface area contributed by atoms with Crippen molar-refractivity contribution in [3.63, 3.8) is 0 Å². The molecule has 5 nitrogen and oxygen atoms in total. The molecule has 0 bridgehead atoms. The molecular formula is C14H30N2O3S. The first-order chi connectivity index (χ1) is 9.29. The number of nitrogens with zero attached hydrogens (tertiary/aromatic N) is 1. The Morgan fingerprint density at radius 2 is 1.90 bits per heavy atom. The van der Waals surface area contributed by atoms with E-state index in [2.05, 4.69) is 18.7 Å². The van der Waals surface area contributed by atoms with Crippen molar-refractivity contribution in [1.82, 2.24) is 4.90 Å². The molecule has 1 aliphatic rings. The lowest BCUT2D eigenvalue weighted by molar-refractivity contribution is 0.131. The van der Waals surface area contributed by atoms with Gasteiger partial charge in [0.1, 0.15) is 0 Å². The molecule has 0 aromatic heterocycles. The van der Waals surface area contributed by atoms with Crippen LogP contribution in [0.5, 0.6) is 0 Å². The Morgan fingerprint density at radius 3 is 2.45 bits per heavy atom. The van der Waals surface area contributed by atoms with E-state index in [1.165, 1.54) is 12.8 Å². The molecule has 0 aliphatic heterocycles. The van der Waals surface area contributed by atoms with Crippen LogP contribution in [0.4, 0.5) is 0 Å². The fourth-order valence-electron chi connectivity index (χ4n) is 2.91. The third-order valence-electron chi connectivity index (χ3n) is 4.09. The van der Waals surface area contributed by atoms with Crippen molar-refractivity contribution in [2.45, 2.75) is 64.5 Å². The fraction of sp³-hybridized carbons (Fsp3) is 1.00. The van der Waals surface area contributed by atoms with E-state index in [1.807, 2.05) is 0 Å². The van der Waals surface area contributed by atoms with Crippen LogP contribution >= 0.6 is 0 Å². The van der Waals surface area contributed by atoms with Gasteiger partial charge in [0.25, 0.3) is 10.1 Å². The highest BCUT2D eigenvalue weighted by atomic mass is 32.2. The van der Waals surface area contributed by atoms with E-state index in [1.54, 1.807) is 0 Å². The van der Waals surface area contributed by atoms with Crippen LogP contribution in [-0.2, 0) is 10.1 Å². The molecule has 1 fully saturated rings. The lowest BCUT2D eigenvalue weighted by Crippen LogP contribution is -2.50. The molecule has 2 atom stereocenters. The second-order valence-corrected chi connectivity index (χ2v) is 7.95. The van der Waals surface area contributed by atoms with Gasteiger partial charge in [-0.05, 0) is 44.7 Å². The maximum Gasteiger partial charge on any atom is 0.264 e. The highest BCUT2D eigenvalue weighted by Crippen LogP contribution is 2.23. The minimum absolute atomic E-state index is 0.160.